The zero-order valence-corrected chi connectivity index (χ0v) is 8.03. The van der Waals surface area contributed by atoms with Gasteiger partial charge in [-0.05, 0) is 26.7 Å². The maximum atomic E-state index is 11.4. The van der Waals surface area contributed by atoms with Crippen molar-refractivity contribution in [2.75, 3.05) is 6.54 Å². The van der Waals surface area contributed by atoms with Crippen LogP contribution in [0.2, 0.25) is 0 Å². The van der Waals surface area contributed by atoms with Gasteiger partial charge in [0.2, 0.25) is 0 Å². The molecule has 0 bridgehead atoms. The first-order valence-corrected chi connectivity index (χ1v) is 4.57. The summed E-state index contributed by atoms with van der Waals surface area (Å²) in [6.45, 7) is 4.22. The molecule has 0 aliphatic carbocycles. The smallest absolute Gasteiger partial charge is 0.410 e. The fourth-order valence-electron chi connectivity index (χ4n) is 1.43. The van der Waals surface area contributed by atoms with E-state index in [1.165, 1.54) is 4.90 Å². The summed E-state index contributed by atoms with van der Waals surface area (Å²) in [6, 6.07) is -0.272. The third kappa shape index (κ3) is 2.44. The summed E-state index contributed by atoms with van der Waals surface area (Å²) in [5, 5.41) is 0. The van der Waals surface area contributed by atoms with Crippen LogP contribution >= 0.6 is 0 Å². The maximum absolute atomic E-state index is 11.4. The van der Waals surface area contributed by atoms with Crippen LogP contribution in [0.4, 0.5) is 4.79 Å². The van der Waals surface area contributed by atoms with Gasteiger partial charge in [0.25, 0.3) is 0 Å². The third-order valence-electron chi connectivity index (χ3n) is 2.03. The number of likely N-dealkylation sites (tertiary alicyclic amines) is 1. The van der Waals surface area contributed by atoms with Gasteiger partial charge in [0.15, 0.2) is 0 Å². The van der Waals surface area contributed by atoms with Crippen LogP contribution in [-0.4, -0.2) is 36.0 Å². The molecular weight excluding hydrogens is 170 g/mol. The van der Waals surface area contributed by atoms with Crippen LogP contribution in [0, 0.1) is 0 Å². The quantitative estimate of drug-likeness (QED) is 0.607. The minimum atomic E-state index is -0.371. The van der Waals surface area contributed by atoms with Gasteiger partial charge in [0.1, 0.15) is 6.29 Å². The molecule has 1 fully saturated rings. The Morgan fingerprint density at radius 2 is 2.31 bits per heavy atom. The summed E-state index contributed by atoms with van der Waals surface area (Å²) in [5.74, 6) is 0. The molecule has 0 saturated carbocycles. The number of carbonyl (C=O) groups excluding carboxylic acids is 2. The third-order valence-corrected chi connectivity index (χ3v) is 2.03. The van der Waals surface area contributed by atoms with E-state index in [9.17, 15) is 9.59 Å². The highest BCUT2D eigenvalue weighted by Crippen LogP contribution is 2.16. The number of rotatable bonds is 2. The molecule has 0 aromatic heterocycles. The molecule has 74 valence electrons. The standard InChI is InChI=1S/C9H15NO3/c1-7(2)13-9(12)10-5-3-4-8(10)6-11/h6-8H,3-5H2,1-2H3. The fraction of sp³-hybridized carbons (Fsp3) is 0.778. The van der Waals surface area contributed by atoms with E-state index in [0.29, 0.717) is 6.54 Å². The van der Waals surface area contributed by atoms with E-state index in [4.69, 9.17) is 4.74 Å². The van der Waals surface area contributed by atoms with Crippen LogP contribution in [0.1, 0.15) is 26.7 Å². The predicted octanol–water partition coefficient (Wildman–Crippen LogP) is 1.19. The Morgan fingerprint density at radius 1 is 1.62 bits per heavy atom. The highest BCUT2D eigenvalue weighted by molar-refractivity contribution is 5.74. The van der Waals surface area contributed by atoms with Gasteiger partial charge in [0, 0.05) is 6.54 Å². The molecule has 0 aromatic rings. The Labute approximate surface area is 77.8 Å². The van der Waals surface area contributed by atoms with E-state index in [1.54, 1.807) is 13.8 Å². The molecule has 4 nitrogen and oxygen atoms in total. The lowest BCUT2D eigenvalue weighted by molar-refractivity contribution is -0.111. The lowest BCUT2D eigenvalue weighted by atomic mass is 10.2. The first-order valence-electron chi connectivity index (χ1n) is 4.57. The SMILES string of the molecule is CC(C)OC(=O)N1CCCC1C=O. The van der Waals surface area contributed by atoms with Crippen LogP contribution in [0.15, 0.2) is 0 Å². The number of carbonyl (C=O) groups is 2. The van der Waals surface area contributed by atoms with Crippen molar-refractivity contribution < 1.29 is 14.3 Å². The molecule has 1 aliphatic heterocycles. The van der Waals surface area contributed by atoms with Crippen molar-refractivity contribution in [2.24, 2.45) is 0 Å². The zero-order chi connectivity index (χ0) is 9.84. The Morgan fingerprint density at radius 3 is 2.85 bits per heavy atom. The van der Waals surface area contributed by atoms with E-state index in [1.807, 2.05) is 0 Å². The topological polar surface area (TPSA) is 46.6 Å². The monoisotopic (exact) mass is 185 g/mol. The molecular formula is C9H15NO3. The van der Waals surface area contributed by atoms with E-state index in [0.717, 1.165) is 19.1 Å². The summed E-state index contributed by atoms with van der Waals surface area (Å²) in [6.07, 6.45) is 1.96. The summed E-state index contributed by atoms with van der Waals surface area (Å²) in [5.41, 5.74) is 0. The molecule has 13 heavy (non-hydrogen) atoms. The second-order valence-corrected chi connectivity index (χ2v) is 3.47. The predicted molar refractivity (Wildman–Crippen MR) is 47.4 cm³/mol. The molecule has 1 saturated heterocycles. The van der Waals surface area contributed by atoms with Gasteiger partial charge >= 0.3 is 6.09 Å². The van der Waals surface area contributed by atoms with Gasteiger partial charge in [0.05, 0.1) is 12.1 Å². The van der Waals surface area contributed by atoms with E-state index < -0.39 is 0 Å². The zero-order valence-electron chi connectivity index (χ0n) is 8.03. The van der Waals surface area contributed by atoms with Crippen LogP contribution in [-0.2, 0) is 9.53 Å². The lowest BCUT2D eigenvalue weighted by Gasteiger charge is -2.21. The number of hydrogen-bond acceptors (Lipinski definition) is 3. The van der Waals surface area contributed by atoms with Crippen molar-refractivity contribution in [3.05, 3.63) is 0 Å². The van der Waals surface area contributed by atoms with Crippen molar-refractivity contribution in [3.63, 3.8) is 0 Å². The first kappa shape index (κ1) is 10.0. The van der Waals surface area contributed by atoms with Crippen molar-refractivity contribution in [1.29, 1.82) is 0 Å². The molecule has 1 rings (SSSR count). The fourth-order valence-corrected chi connectivity index (χ4v) is 1.43. The highest BCUT2D eigenvalue weighted by Gasteiger charge is 2.29. The van der Waals surface area contributed by atoms with E-state index >= 15 is 0 Å². The number of amides is 1. The molecule has 1 atom stereocenters. The van der Waals surface area contributed by atoms with Crippen LogP contribution in [0.25, 0.3) is 0 Å². The van der Waals surface area contributed by atoms with E-state index in [2.05, 4.69) is 0 Å². The Hall–Kier alpha value is -1.06. The minimum Gasteiger partial charge on any atom is -0.447 e. The molecule has 1 amide bonds. The second kappa shape index (κ2) is 4.25. The van der Waals surface area contributed by atoms with Crippen LogP contribution in [0.5, 0.6) is 0 Å². The number of nitrogens with zero attached hydrogens (tertiary/aromatic N) is 1. The highest BCUT2D eigenvalue weighted by atomic mass is 16.6. The van der Waals surface area contributed by atoms with E-state index in [-0.39, 0.29) is 18.2 Å². The second-order valence-electron chi connectivity index (χ2n) is 3.47. The Kier molecular flexibility index (Phi) is 3.28. The van der Waals surface area contributed by atoms with Gasteiger partial charge < -0.3 is 9.53 Å². The molecule has 1 heterocycles. The van der Waals surface area contributed by atoms with Crippen molar-refractivity contribution in [1.82, 2.24) is 4.90 Å². The number of aldehydes is 1. The summed E-state index contributed by atoms with van der Waals surface area (Å²) in [7, 11) is 0. The van der Waals surface area contributed by atoms with Crippen LogP contribution < -0.4 is 0 Å². The van der Waals surface area contributed by atoms with Gasteiger partial charge in [-0.3, -0.25) is 4.90 Å². The molecule has 0 N–H and O–H groups in total. The summed E-state index contributed by atoms with van der Waals surface area (Å²) >= 11 is 0. The molecule has 0 spiro atoms. The van der Waals surface area contributed by atoms with Gasteiger partial charge in [-0.25, -0.2) is 4.79 Å². The summed E-state index contributed by atoms with van der Waals surface area (Å²) in [4.78, 5) is 23.4. The van der Waals surface area contributed by atoms with Gasteiger partial charge in [-0.2, -0.15) is 0 Å². The first-order chi connectivity index (χ1) is 6.15. The Balaban J connectivity index is 2.50. The molecule has 0 radical (unpaired) electrons. The molecule has 0 aromatic carbocycles. The van der Waals surface area contributed by atoms with Crippen molar-refractivity contribution in [3.8, 4) is 0 Å². The van der Waals surface area contributed by atoms with Gasteiger partial charge in [-0.15, -0.1) is 0 Å². The van der Waals surface area contributed by atoms with Crippen molar-refractivity contribution in [2.45, 2.75) is 38.8 Å². The Bertz CT molecular complexity index is 203. The average Bonchev–Trinajstić information content (AvgIpc) is 2.49. The largest absolute Gasteiger partial charge is 0.447 e. The molecule has 1 aliphatic rings. The molecule has 1 unspecified atom stereocenters. The molecule has 4 heteroatoms. The van der Waals surface area contributed by atoms with Crippen LogP contribution in [0.3, 0.4) is 0 Å². The number of ether oxygens (including phenoxy) is 1. The van der Waals surface area contributed by atoms with Gasteiger partial charge in [-0.1, -0.05) is 0 Å². The normalized spacial score (nSPS) is 22.1. The average molecular weight is 185 g/mol. The van der Waals surface area contributed by atoms with Crippen molar-refractivity contribution >= 4 is 12.4 Å². The number of hydrogen-bond donors (Lipinski definition) is 0. The lowest BCUT2D eigenvalue weighted by Crippen LogP contribution is -2.37. The minimum absolute atomic E-state index is 0.125. The summed E-state index contributed by atoms with van der Waals surface area (Å²) < 4.78 is 4.99. The maximum Gasteiger partial charge on any atom is 0.410 e.